The van der Waals surface area contributed by atoms with Crippen LogP contribution in [0.1, 0.15) is 13.8 Å². The van der Waals surface area contributed by atoms with Gasteiger partial charge in [-0.1, -0.05) is 12.2 Å². The van der Waals surface area contributed by atoms with E-state index < -0.39 is 0 Å². The summed E-state index contributed by atoms with van der Waals surface area (Å²) in [5, 5.41) is 3.93. The molecular weight excluding hydrogens is 156 g/mol. The van der Waals surface area contributed by atoms with Gasteiger partial charge in [0.25, 0.3) is 0 Å². The summed E-state index contributed by atoms with van der Waals surface area (Å²) in [6, 6.07) is 0. The first kappa shape index (κ1) is 11.1. The number of nitrogens with one attached hydrogen (secondary N) is 1. The monoisotopic (exact) mass is 172 g/mol. The number of hydrogen-bond donors (Lipinski definition) is 3. The van der Waals surface area contributed by atoms with E-state index >= 15 is 0 Å². The average Bonchev–Trinajstić information content (AvgIpc) is 2.03. The predicted molar refractivity (Wildman–Crippen MR) is 47.5 cm³/mol. The molecule has 5 heteroatoms. The molecule has 12 heavy (non-hydrogen) atoms. The first-order chi connectivity index (χ1) is 5.63. The molecule has 0 spiro atoms. The zero-order valence-corrected chi connectivity index (χ0v) is 7.45. The molecule has 0 aliphatic rings. The van der Waals surface area contributed by atoms with Gasteiger partial charge in [0.1, 0.15) is 6.17 Å². The van der Waals surface area contributed by atoms with Crippen molar-refractivity contribution in [3.8, 4) is 0 Å². The fraction of sp³-hybridized carbons (Fsp3) is 0.571. The lowest BCUT2D eigenvalue weighted by Crippen LogP contribution is -2.52. The Morgan fingerprint density at radius 2 is 2.33 bits per heavy atom. The largest absolute Gasteiger partial charge is 0.318 e. The molecule has 5 N–H and O–H groups in total. The van der Waals surface area contributed by atoms with Crippen LogP contribution in [0.15, 0.2) is 12.2 Å². The highest BCUT2D eigenvalue weighted by molar-refractivity contribution is 5.73. The lowest BCUT2D eigenvalue weighted by atomic mass is 10.4. The van der Waals surface area contributed by atoms with Gasteiger partial charge in [0.15, 0.2) is 0 Å². The Morgan fingerprint density at radius 1 is 1.75 bits per heavy atom. The Bertz CT molecular complexity index is 169. The van der Waals surface area contributed by atoms with Crippen molar-refractivity contribution in [2.24, 2.45) is 11.6 Å². The number of nitrogens with two attached hydrogens (primary N) is 2. The fourth-order valence-corrected chi connectivity index (χ4v) is 0.758. The van der Waals surface area contributed by atoms with E-state index in [1.165, 1.54) is 6.92 Å². The van der Waals surface area contributed by atoms with Crippen molar-refractivity contribution < 1.29 is 4.79 Å². The number of carbonyl (C=O) groups is 1. The van der Waals surface area contributed by atoms with Crippen LogP contribution in [0.3, 0.4) is 0 Å². The van der Waals surface area contributed by atoms with Crippen LogP contribution < -0.4 is 16.9 Å². The van der Waals surface area contributed by atoms with Crippen LogP contribution in [-0.2, 0) is 4.79 Å². The molecule has 70 valence electrons. The summed E-state index contributed by atoms with van der Waals surface area (Å²) < 4.78 is 0. The molecule has 5 nitrogen and oxygen atoms in total. The molecule has 0 bridgehead atoms. The van der Waals surface area contributed by atoms with Crippen molar-refractivity contribution in [2.45, 2.75) is 20.0 Å². The number of carbonyl (C=O) groups excluding carboxylic acids is 1. The summed E-state index contributed by atoms with van der Waals surface area (Å²) in [6.07, 6.45) is 3.24. The first-order valence-corrected chi connectivity index (χ1v) is 3.74. The maximum Gasteiger partial charge on any atom is 0.235 e. The molecular formula is C7H16N4O. The summed E-state index contributed by atoms with van der Waals surface area (Å²) in [4.78, 5) is 10.8. The predicted octanol–water partition coefficient (Wildman–Crippen LogP) is -0.883. The smallest absolute Gasteiger partial charge is 0.235 e. The molecule has 0 heterocycles. The normalized spacial score (nSPS) is 13.3. The van der Waals surface area contributed by atoms with Gasteiger partial charge in [0, 0.05) is 13.6 Å². The van der Waals surface area contributed by atoms with Crippen LogP contribution in [0, 0.1) is 0 Å². The highest BCUT2D eigenvalue weighted by Gasteiger charge is 2.12. The number of allylic oxidation sites excluding steroid dienone is 1. The van der Waals surface area contributed by atoms with Gasteiger partial charge < -0.3 is 5.73 Å². The summed E-state index contributed by atoms with van der Waals surface area (Å²) in [7, 11) is 0. The van der Waals surface area contributed by atoms with Crippen molar-refractivity contribution in [3.05, 3.63) is 12.2 Å². The Hall–Kier alpha value is -0.910. The molecule has 0 rings (SSSR count). The van der Waals surface area contributed by atoms with Gasteiger partial charge in [-0.3, -0.25) is 15.1 Å². The number of rotatable bonds is 4. The Labute approximate surface area is 72.4 Å². The van der Waals surface area contributed by atoms with E-state index in [0.29, 0.717) is 0 Å². The van der Waals surface area contributed by atoms with Gasteiger partial charge in [0.2, 0.25) is 5.91 Å². The highest BCUT2D eigenvalue weighted by atomic mass is 16.2. The van der Waals surface area contributed by atoms with Crippen LogP contribution >= 0.6 is 0 Å². The third-order valence-electron chi connectivity index (χ3n) is 1.37. The number of hydrazine groups is 1. The zero-order chi connectivity index (χ0) is 9.56. The number of nitrogens with zero attached hydrogens (tertiary/aromatic N) is 1. The van der Waals surface area contributed by atoms with Gasteiger partial charge in [-0.2, -0.15) is 0 Å². The maximum atomic E-state index is 10.8. The lowest BCUT2D eigenvalue weighted by Gasteiger charge is -2.23. The minimum absolute atomic E-state index is 0.209. The molecule has 0 aromatic rings. The molecule has 1 atom stereocenters. The van der Waals surface area contributed by atoms with Crippen molar-refractivity contribution in [2.75, 3.05) is 6.67 Å². The van der Waals surface area contributed by atoms with Crippen molar-refractivity contribution >= 4 is 5.91 Å². The fourth-order valence-electron chi connectivity index (χ4n) is 0.758. The second-order valence-corrected chi connectivity index (χ2v) is 2.31. The minimum Gasteiger partial charge on any atom is -0.318 e. The second-order valence-electron chi connectivity index (χ2n) is 2.31. The van der Waals surface area contributed by atoms with E-state index in [2.05, 4.69) is 5.32 Å². The van der Waals surface area contributed by atoms with E-state index in [0.717, 1.165) is 5.01 Å². The van der Waals surface area contributed by atoms with Crippen LogP contribution in [0.4, 0.5) is 0 Å². The molecule has 0 aromatic carbocycles. The van der Waals surface area contributed by atoms with Crippen molar-refractivity contribution in [1.29, 1.82) is 0 Å². The third kappa shape index (κ3) is 3.47. The van der Waals surface area contributed by atoms with E-state index in [-0.39, 0.29) is 18.7 Å². The molecule has 0 radical (unpaired) electrons. The zero-order valence-electron chi connectivity index (χ0n) is 7.45. The van der Waals surface area contributed by atoms with Gasteiger partial charge in [-0.05, 0) is 6.92 Å². The highest BCUT2D eigenvalue weighted by Crippen LogP contribution is 1.91. The van der Waals surface area contributed by atoms with Crippen molar-refractivity contribution in [3.63, 3.8) is 0 Å². The summed E-state index contributed by atoms with van der Waals surface area (Å²) in [5.41, 5.74) is 5.26. The van der Waals surface area contributed by atoms with Crippen LogP contribution in [0.25, 0.3) is 0 Å². The summed E-state index contributed by atoms with van der Waals surface area (Å²) in [6.45, 7) is 3.52. The number of amides is 1. The van der Waals surface area contributed by atoms with Crippen LogP contribution in [-0.4, -0.2) is 23.8 Å². The van der Waals surface area contributed by atoms with Crippen LogP contribution in [0.5, 0.6) is 0 Å². The van der Waals surface area contributed by atoms with Crippen LogP contribution in [0.2, 0.25) is 0 Å². The van der Waals surface area contributed by atoms with Gasteiger partial charge >= 0.3 is 0 Å². The summed E-state index contributed by atoms with van der Waals surface area (Å²) >= 11 is 0. The molecule has 0 aliphatic heterocycles. The molecule has 1 amide bonds. The minimum atomic E-state index is -0.322. The van der Waals surface area contributed by atoms with Crippen molar-refractivity contribution in [1.82, 2.24) is 10.3 Å². The third-order valence-corrected chi connectivity index (χ3v) is 1.37. The van der Waals surface area contributed by atoms with Gasteiger partial charge in [-0.25, -0.2) is 5.84 Å². The molecule has 0 saturated carbocycles. The molecule has 0 fully saturated rings. The first-order valence-electron chi connectivity index (χ1n) is 3.74. The molecule has 0 aromatic heterocycles. The maximum absolute atomic E-state index is 10.8. The Balaban J connectivity index is 4.17. The summed E-state index contributed by atoms with van der Waals surface area (Å²) in [5.74, 6) is 5.24. The van der Waals surface area contributed by atoms with E-state index in [4.69, 9.17) is 11.6 Å². The topological polar surface area (TPSA) is 84.4 Å². The Kier molecular flexibility index (Phi) is 5.27. The average molecular weight is 172 g/mol. The lowest BCUT2D eigenvalue weighted by molar-refractivity contribution is -0.131. The Morgan fingerprint density at radius 3 is 2.67 bits per heavy atom. The van der Waals surface area contributed by atoms with E-state index in [1.807, 2.05) is 6.92 Å². The molecule has 1 unspecified atom stereocenters. The van der Waals surface area contributed by atoms with E-state index in [9.17, 15) is 4.79 Å². The van der Waals surface area contributed by atoms with Gasteiger partial charge in [-0.15, -0.1) is 0 Å². The number of hydrogen-bond acceptors (Lipinski definition) is 4. The second kappa shape index (κ2) is 5.70. The quantitative estimate of drug-likeness (QED) is 0.169. The van der Waals surface area contributed by atoms with E-state index in [1.54, 1.807) is 12.2 Å². The SMILES string of the molecule is C/C=C/C(NCN)N(N)C(C)=O. The standard InChI is InChI=1S/C7H16N4O/c1-3-4-7(10-5-8)11(9)6(2)12/h3-4,7,10H,5,8-9H2,1-2H3/b4-3+. The molecule has 0 saturated heterocycles. The van der Waals surface area contributed by atoms with Gasteiger partial charge in [0.05, 0.1) is 0 Å². The molecule has 0 aliphatic carbocycles.